The van der Waals surface area contributed by atoms with Crippen molar-refractivity contribution in [3.05, 3.63) is 0 Å². The summed E-state index contributed by atoms with van der Waals surface area (Å²) in [6.45, 7) is 7.37. The zero-order chi connectivity index (χ0) is 74.8. The van der Waals surface area contributed by atoms with Crippen molar-refractivity contribution in [1.82, 2.24) is 0 Å². The molecule has 0 heterocycles. The minimum atomic E-state index is -4.96. The quantitative estimate of drug-likeness (QED) is 0.0222. The van der Waals surface area contributed by atoms with Gasteiger partial charge in [0.25, 0.3) is 0 Å². The van der Waals surface area contributed by atoms with Gasteiger partial charge in [-0.2, -0.15) is 0 Å². The molecule has 3 unspecified atom stereocenters. The molecule has 0 radical (unpaired) electrons. The molecule has 0 bridgehead atoms. The predicted molar refractivity (Wildman–Crippen MR) is 418 cm³/mol. The molecular weight excluding hydrogens is 1330 g/mol. The lowest BCUT2D eigenvalue weighted by Gasteiger charge is -2.21. The van der Waals surface area contributed by atoms with Crippen LogP contribution in [0.15, 0.2) is 0 Å². The van der Waals surface area contributed by atoms with Gasteiger partial charge in [0.05, 0.1) is 26.4 Å². The Morgan fingerprint density at radius 3 is 0.696 bits per heavy atom. The number of phosphoric acid groups is 2. The number of hydrogen-bond acceptors (Lipinski definition) is 15. The lowest BCUT2D eigenvalue weighted by molar-refractivity contribution is -0.161. The molecule has 6 atom stereocenters. The Labute approximate surface area is 626 Å². The number of aliphatic hydroxyl groups is 1. The molecule has 0 aromatic heterocycles. The van der Waals surface area contributed by atoms with Crippen LogP contribution in [0.5, 0.6) is 0 Å². The first-order valence-electron chi connectivity index (χ1n) is 43.2. The summed E-state index contributed by atoms with van der Waals surface area (Å²) in [4.78, 5) is 73.1. The maximum atomic E-state index is 13.1. The summed E-state index contributed by atoms with van der Waals surface area (Å²) < 4.78 is 68.8. The lowest BCUT2D eigenvalue weighted by Crippen LogP contribution is -2.30. The minimum Gasteiger partial charge on any atom is -0.462 e. The SMILES string of the molecule is CCCCCCCCCCCCCCCCCCCCCC(=O)O[C@H](COC(=O)CCCCCCCCCCCCCCCCCCCC)COP(=O)(O)OC[C@@H](O)COP(=O)(O)OC[C@@H](COC(=O)CCCCCCCCCCCCC)OC(=O)CCCCCCCCCCCCC(C)CC. The van der Waals surface area contributed by atoms with E-state index >= 15 is 0 Å². The number of aliphatic hydroxyl groups excluding tert-OH is 1. The average Bonchev–Trinajstić information content (AvgIpc) is 0.918. The van der Waals surface area contributed by atoms with Crippen LogP contribution in [0.4, 0.5) is 0 Å². The van der Waals surface area contributed by atoms with Gasteiger partial charge in [-0.15, -0.1) is 0 Å². The van der Waals surface area contributed by atoms with E-state index in [0.29, 0.717) is 25.7 Å². The van der Waals surface area contributed by atoms with E-state index in [4.69, 9.17) is 37.0 Å². The molecule has 0 fully saturated rings. The fourth-order valence-electron chi connectivity index (χ4n) is 12.9. The van der Waals surface area contributed by atoms with Gasteiger partial charge in [-0.1, -0.05) is 394 Å². The lowest BCUT2D eigenvalue weighted by atomic mass is 9.99. The van der Waals surface area contributed by atoms with Gasteiger partial charge in [-0.25, -0.2) is 9.13 Å². The highest BCUT2D eigenvalue weighted by atomic mass is 31.2. The monoisotopic (exact) mass is 1490 g/mol. The smallest absolute Gasteiger partial charge is 0.462 e. The van der Waals surface area contributed by atoms with Crippen molar-refractivity contribution in [3.8, 4) is 0 Å². The summed E-state index contributed by atoms with van der Waals surface area (Å²) in [5.41, 5.74) is 0. The average molecular weight is 1490 g/mol. The van der Waals surface area contributed by atoms with E-state index in [2.05, 4.69) is 34.6 Å². The predicted octanol–water partition coefficient (Wildman–Crippen LogP) is 25.2. The number of carbonyl (C=O) groups excluding carboxylic acids is 4. The third kappa shape index (κ3) is 74.9. The van der Waals surface area contributed by atoms with E-state index in [-0.39, 0.29) is 25.7 Å². The standard InChI is InChI=1S/C83H162O17P2/c1-6-10-13-16-19-22-25-27-29-31-33-35-37-39-42-48-53-58-63-68-82(87)99-78(73-94-81(86)67-62-57-52-47-41-38-36-34-32-30-28-26-23-20-17-14-11-7-2)74-97-101(89,90)95-70-77(84)71-96-102(91,92)98-75-79(72-93-80(85)66-61-56-51-46-40-24-21-18-15-12-8-3)100-83(88)69-64-59-54-49-44-43-45-50-55-60-65-76(5)9-4/h76-79,84H,6-75H2,1-5H3,(H,89,90)(H,91,92)/t76?,77-,78-,79-/m1/s1. The molecule has 0 aromatic carbocycles. The van der Waals surface area contributed by atoms with Crippen molar-refractivity contribution in [3.63, 3.8) is 0 Å². The third-order valence-electron chi connectivity index (χ3n) is 19.9. The van der Waals surface area contributed by atoms with Crippen LogP contribution in [0.1, 0.15) is 446 Å². The summed E-state index contributed by atoms with van der Waals surface area (Å²) in [5.74, 6) is -1.30. The Balaban J connectivity index is 5.24. The number of hydrogen-bond donors (Lipinski definition) is 3. The number of phosphoric ester groups is 2. The van der Waals surface area contributed by atoms with E-state index in [1.165, 1.54) is 270 Å². The number of unbranched alkanes of at least 4 members (excludes halogenated alkanes) is 54. The molecule has 0 spiro atoms. The molecular formula is C83H162O17P2. The van der Waals surface area contributed by atoms with Gasteiger partial charge in [-0.3, -0.25) is 37.3 Å². The van der Waals surface area contributed by atoms with Crippen LogP contribution in [-0.2, 0) is 65.4 Å². The normalized spacial score (nSPS) is 14.1. The van der Waals surface area contributed by atoms with Gasteiger partial charge in [0, 0.05) is 25.7 Å². The highest BCUT2D eigenvalue weighted by Gasteiger charge is 2.30. The molecule has 0 saturated heterocycles. The second-order valence-corrected chi connectivity index (χ2v) is 33.0. The Hall–Kier alpha value is -1.94. The zero-order valence-corrected chi connectivity index (χ0v) is 68.5. The van der Waals surface area contributed by atoms with Crippen molar-refractivity contribution in [2.75, 3.05) is 39.6 Å². The van der Waals surface area contributed by atoms with Crippen LogP contribution in [0.25, 0.3) is 0 Å². The molecule has 19 heteroatoms. The van der Waals surface area contributed by atoms with Gasteiger partial charge in [-0.05, 0) is 31.6 Å². The molecule has 0 aromatic rings. The number of carbonyl (C=O) groups is 4. The maximum Gasteiger partial charge on any atom is 0.472 e. The van der Waals surface area contributed by atoms with E-state index in [9.17, 15) is 43.2 Å². The van der Waals surface area contributed by atoms with Crippen LogP contribution >= 0.6 is 15.6 Å². The fourth-order valence-corrected chi connectivity index (χ4v) is 14.5. The van der Waals surface area contributed by atoms with E-state index in [0.717, 1.165) is 95.8 Å². The Bertz CT molecular complexity index is 1950. The molecule has 606 valence electrons. The highest BCUT2D eigenvalue weighted by Crippen LogP contribution is 2.45. The van der Waals surface area contributed by atoms with Gasteiger partial charge < -0.3 is 33.8 Å². The first kappa shape index (κ1) is 100. The molecule has 17 nitrogen and oxygen atoms in total. The summed E-state index contributed by atoms with van der Waals surface area (Å²) in [5, 5.41) is 10.7. The van der Waals surface area contributed by atoms with Crippen molar-refractivity contribution in [2.24, 2.45) is 5.92 Å². The molecule has 0 rings (SSSR count). The first-order chi connectivity index (χ1) is 49.6. The number of ether oxygens (including phenoxy) is 4. The molecule has 0 aliphatic carbocycles. The topological polar surface area (TPSA) is 237 Å². The Morgan fingerprint density at radius 2 is 0.471 bits per heavy atom. The molecule has 3 N–H and O–H groups in total. The molecule has 0 saturated carbocycles. The highest BCUT2D eigenvalue weighted by molar-refractivity contribution is 7.47. The van der Waals surface area contributed by atoms with Gasteiger partial charge in [0.15, 0.2) is 12.2 Å². The summed E-state index contributed by atoms with van der Waals surface area (Å²) in [7, 11) is -9.92. The van der Waals surface area contributed by atoms with Crippen LogP contribution in [-0.4, -0.2) is 96.7 Å². The van der Waals surface area contributed by atoms with Crippen molar-refractivity contribution in [1.29, 1.82) is 0 Å². The van der Waals surface area contributed by atoms with Gasteiger partial charge >= 0.3 is 39.5 Å². The second-order valence-electron chi connectivity index (χ2n) is 30.1. The van der Waals surface area contributed by atoms with E-state index in [1.54, 1.807) is 0 Å². The third-order valence-corrected chi connectivity index (χ3v) is 21.8. The Kier molecular flexibility index (Phi) is 74.4. The second kappa shape index (κ2) is 75.9. The van der Waals surface area contributed by atoms with E-state index < -0.39 is 97.5 Å². The molecule has 0 aliphatic rings. The van der Waals surface area contributed by atoms with Crippen molar-refractivity contribution in [2.45, 2.75) is 464 Å². The molecule has 0 aliphatic heterocycles. The largest absolute Gasteiger partial charge is 0.472 e. The van der Waals surface area contributed by atoms with Crippen molar-refractivity contribution < 1.29 is 80.2 Å². The van der Waals surface area contributed by atoms with Crippen LogP contribution in [0.3, 0.4) is 0 Å². The van der Waals surface area contributed by atoms with Gasteiger partial charge in [0.1, 0.15) is 19.3 Å². The zero-order valence-electron chi connectivity index (χ0n) is 66.8. The summed E-state index contributed by atoms with van der Waals surface area (Å²) >= 11 is 0. The minimum absolute atomic E-state index is 0.107. The van der Waals surface area contributed by atoms with Crippen LogP contribution < -0.4 is 0 Å². The Morgan fingerprint density at radius 1 is 0.275 bits per heavy atom. The van der Waals surface area contributed by atoms with E-state index in [1.807, 2.05) is 0 Å². The first-order valence-corrected chi connectivity index (χ1v) is 46.2. The fraction of sp³-hybridized carbons (Fsp3) is 0.952. The van der Waals surface area contributed by atoms with Gasteiger partial charge in [0.2, 0.25) is 0 Å². The molecule has 0 amide bonds. The van der Waals surface area contributed by atoms with Crippen LogP contribution in [0, 0.1) is 5.92 Å². The van der Waals surface area contributed by atoms with Crippen LogP contribution in [0.2, 0.25) is 0 Å². The summed E-state index contributed by atoms with van der Waals surface area (Å²) in [6.07, 6.45) is 67.9. The summed E-state index contributed by atoms with van der Waals surface area (Å²) in [6, 6.07) is 0. The maximum absolute atomic E-state index is 13.1. The number of esters is 4. The molecule has 102 heavy (non-hydrogen) atoms. The van der Waals surface area contributed by atoms with Crippen molar-refractivity contribution >= 4 is 39.5 Å². The number of rotatable bonds is 83.